The Morgan fingerprint density at radius 1 is 1.28 bits per heavy atom. The van der Waals surface area contributed by atoms with Gasteiger partial charge < -0.3 is 4.74 Å². The molecule has 0 saturated carbocycles. The number of carbonyl (C=O) groups excluding carboxylic acids is 1. The van der Waals surface area contributed by atoms with Gasteiger partial charge in [0, 0.05) is 17.2 Å². The number of hydrogen-bond acceptors (Lipinski definition) is 2. The van der Waals surface area contributed by atoms with Gasteiger partial charge >= 0.3 is 0 Å². The molecule has 0 fully saturated rings. The van der Waals surface area contributed by atoms with Crippen molar-refractivity contribution in [2.75, 3.05) is 13.2 Å². The molecule has 0 radical (unpaired) electrons. The fraction of sp³-hybridized carbons (Fsp3) is 0.500. The molecule has 0 saturated heterocycles. The van der Waals surface area contributed by atoms with E-state index < -0.39 is 0 Å². The summed E-state index contributed by atoms with van der Waals surface area (Å²) in [6.07, 6.45) is 2.12. The van der Waals surface area contributed by atoms with Crippen molar-refractivity contribution in [2.24, 2.45) is 5.92 Å². The van der Waals surface area contributed by atoms with Gasteiger partial charge in [-0.1, -0.05) is 49.9 Å². The van der Waals surface area contributed by atoms with Crippen LogP contribution in [0.1, 0.15) is 37.0 Å². The Morgan fingerprint density at radius 2 is 1.94 bits per heavy atom. The molecule has 0 unspecified atom stereocenters. The summed E-state index contributed by atoms with van der Waals surface area (Å²) in [6.45, 7) is 4.90. The predicted molar refractivity (Wildman–Crippen MR) is 75.7 cm³/mol. The molecular weight excluding hydrogens is 271 g/mol. The van der Waals surface area contributed by atoms with Crippen molar-refractivity contribution in [1.82, 2.24) is 0 Å². The van der Waals surface area contributed by atoms with Crippen molar-refractivity contribution < 1.29 is 9.53 Å². The van der Waals surface area contributed by atoms with E-state index in [1.807, 2.05) is 0 Å². The Labute approximate surface area is 118 Å². The number of halogens is 2. The fourth-order valence-corrected chi connectivity index (χ4v) is 2.03. The van der Waals surface area contributed by atoms with E-state index in [0.717, 1.165) is 12.8 Å². The van der Waals surface area contributed by atoms with Gasteiger partial charge in [0.15, 0.2) is 5.78 Å². The van der Waals surface area contributed by atoms with Gasteiger partial charge in [-0.05, 0) is 24.1 Å². The van der Waals surface area contributed by atoms with Gasteiger partial charge in [-0.3, -0.25) is 4.79 Å². The van der Waals surface area contributed by atoms with Crippen LogP contribution in [0.15, 0.2) is 18.2 Å². The van der Waals surface area contributed by atoms with Gasteiger partial charge in [-0.15, -0.1) is 0 Å². The standard InChI is InChI=1S/C14H18Cl2O2/c1-3-10(4-2)8-18-9-14(17)12-7-11(15)5-6-13(12)16/h5-7,10H,3-4,8-9H2,1-2H3. The number of carbonyl (C=O) groups is 1. The Balaban J connectivity index is 2.53. The normalized spacial score (nSPS) is 10.9. The lowest BCUT2D eigenvalue weighted by atomic mass is 10.1. The van der Waals surface area contributed by atoms with Crippen LogP contribution in [0, 0.1) is 5.92 Å². The summed E-state index contributed by atoms with van der Waals surface area (Å²) in [5.74, 6) is 0.376. The lowest BCUT2D eigenvalue weighted by Gasteiger charge is -2.12. The van der Waals surface area contributed by atoms with Crippen molar-refractivity contribution >= 4 is 29.0 Å². The molecule has 0 amide bonds. The highest BCUT2D eigenvalue weighted by molar-refractivity contribution is 6.35. The first-order chi connectivity index (χ1) is 8.58. The van der Waals surface area contributed by atoms with Gasteiger partial charge in [-0.2, -0.15) is 0 Å². The van der Waals surface area contributed by atoms with Crippen LogP contribution in [-0.2, 0) is 4.74 Å². The smallest absolute Gasteiger partial charge is 0.190 e. The second-order valence-corrected chi connectivity index (χ2v) is 5.09. The van der Waals surface area contributed by atoms with Gasteiger partial charge in [0.25, 0.3) is 0 Å². The van der Waals surface area contributed by atoms with Crippen LogP contribution in [0.2, 0.25) is 10.0 Å². The maximum atomic E-state index is 11.9. The second-order valence-electron chi connectivity index (χ2n) is 4.24. The van der Waals surface area contributed by atoms with Gasteiger partial charge in [0.2, 0.25) is 0 Å². The summed E-state index contributed by atoms with van der Waals surface area (Å²) in [4.78, 5) is 11.9. The average Bonchev–Trinajstić information content (AvgIpc) is 2.37. The van der Waals surface area contributed by atoms with E-state index in [1.54, 1.807) is 18.2 Å². The van der Waals surface area contributed by atoms with Crippen molar-refractivity contribution in [3.8, 4) is 0 Å². The Morgan fingerprint density at radius 3 is 2.56 bits per heavy atom. The van der Waals surface area contributed by atoms with E-state index in [1.165, 1.54) is 0 Å². The molecule has 0 heterocycles. The van der Waals surface area contributed by atoms with E-state index in [-0.39, 0.29) is 12.4 Å². The average molecular weight is 289 g/mol. The van der Waals surface area contributed by atoms with E-state index in [9.17, 15) is 4.79 Å². The van der Waals surface area contributed by atoms with Crippen LogP contribution >= 0.6 is 23.2 Å². The molecule has 0 aliphatic carbocycles. The van der Waals surface area contributed by atoms with Crippen LogP contribution in [0.25, 0.3) is 0 Å². The molecule has 0 aliphatic heterocycles. The van der Waals surface area contributed by atoms with Crippen LogP contribution in [0.3, 0.4) is 0 Å². The molecule has 0 spiro atoms. The van der Waals surface area contributed by atoms with Crippen LogP contribution in [0.5, 0.6) is 0 Å². The molecule has 18 heavy (non-hydrogen) atoms. The SMILES string of the molecule is CCC(CC)COCC(=O)c1cc(Cl)ccc1Cl. The first kappa shape index (κ1) is 15.5. The molecule has 1 aromatic carbocycles. The molecule has 1 rings (SSSR count). The third-order valence-corrected chi connectivity index (χ3v) is 3.53. The van der Waals surface area contributed by atoms with Crippen molar-refractivity contribution in [3.63, 3.8) is 0 Å². The topological polar surface area (TPSA) is 26.3 Å². The molecule has 4 heteroatoms. The maximum Gasteiger partial charge on any atom is 0.190 e. The summed E-state index contributed by atoms with van der Waals surface area (Å²) in [6, 6.07) is 4.86. The summed E-state index contributed by atoms with van der Waals surface area (Å²) in [7, 11) is 0. The lowest BCUT2D eigenvalue weighted by Crippen LogP contribution is -2.14. The monoisotopic (exact) mass is 288 g/mol. The molecule has 2 nitrogen and oxygen atoms in total. The lowest BCUT2D eigenvalue weighted by molar-refractivity contribution is 0.0666. The quantitative estimate of drug-likeness (QED) is 0.684. The van der Waals surface area contributed by atoms with E-state index in [4.69, 9.17) is 27.9 Å². The first-order valence-electron chi connectivity index (χ1n) is 6.14. The maximum absolute atomic E-state index is 11.9. The number of hydrogen-bond donors (Lipinski definition) is 0. The fourth-order valence-electron chi connectivity index (χ4n) is 1.63. The number of rotatable bonds is 7. The molecule has 0 aliphatic rings. The summed E-state index contributed by atoms with van der Waals surface area (Å²) >= 11 is 11.8. The largest absolute Gasteiger partial charge is 0.373 e. The Kier molecular flexibility index (Phi) is 6.69. The van der Waals surface area contributed by atoms with Gasteiger partial charge in [-0.25, -0.2) is 0 Å². The van der Waals surface area contributed by atoms with Crippen LogP contribution in [-0.4, -0.2) is 19.0 Å². The summed E-state index contributed by atoms with van der Waals surface area (Å²) in [5.41, 5.74) is 0.425. The minimum Gasteiger partial charge on any atom is -0.373 e. The van der Waals surface area contributed by atoms with E-state index in [0.29, 0.717) is 28.1 Å². The van der Waals surface area contributed by atoms with Crippen molar-refractivity contribution in [1.29, 1.82) is 0 Å². The predicted octanol–water partition coefficient (Wildman–Crippen LogP) is 4.63. The molecule has 100 valence electrons. The second kappa shape index (κ2) is 7.78. The molecule has 0 bridgehead atoms. The van der Waals surface area contributed by atoms with Gasteiger partial charge in [0.1, 0.15) is 6.61 Å². The summed E-state index contributed by atoms with van der Waals surface area (Å²) in [5, 5.41) is 0.915. The molecular formula is C14H18Cl2O2. The zero-order valence-electron chi connectivity index (χ0n) is 10.7. The van der Waals surface area contributed by atoms with E-state index in [2.05, 4.69) is 13.8 Å². The molecule has 0 atom stereocenters. The third-order valence-electron chi connectivity index (χ3n) is 2.97. The Bertz CT molecular complexity index is 401. The van der Waals surface area contributed by atoms with Crippen LogP contribution in [0.4, 0.5) is 0 Å². The highest BCUT2D eigenvalue weighted by Gasteiger charge is 2.12. The minimum absolute atomic E-state index is 0.0521. The number of ether oxygens (including phenoxy) is 1. The molecule has 0 aromatic heterocycles. The highest BCUT2D eigenvalue weighted by Crippen LogP contribution is 2.21. The third kappa shape index (κ3) is 4.60. The minimum atomic E-state index is -0.131. The zero-order chi connectivity index (χ0) is 13.5. The van der Waals surface area contributed by atoms with Crippen molar-refractivity contribution in [3.05, 3.63) is 33.8 Å². The molecule has 0 N–H and O–H groups in total. The number of ketones is 1. The summed E-state index contributed by atoms with van der Waals surface area (Å²) < 4.78 is 5.44. The van der Waals surface area contributed by atoms with Gasteiger partial charge in [0.05, 0.1) is 5.02 Å². The zero-order valence-corrected chi connectivity index (χ0v) is 12.2. The van der Waals surface area contributed by atoms with E-state index >= 15 is 0 Å². The first-order valence-corrected chi connectivity index (χ1v) is 6.90. The highest BCUT2D eigenvalue weighted by atomic mass is 35.5. The Hall–Kier alpha value is -0.570. The molecule has 1 aromatic rings. The number of Topliss-reactive ketones (excluding diaryl/α,β-unsaturated/α-hetero) is 1. The van der Waals surface area contributed by atoms with Crippen LogP contribution < -0.4 is 0 Å². The number of benzene rings is 1. The van der Waals surface area contributed by atoms with Crippen molar-refractivity contribution in [2.45, 2.75) is 26.7 Å².